The number of benzene rings is 2. The predicted molar refractivity (Wildman–Crippen MR) is 110 cm³/mol. The van der Waals surface area contributed by atoms with Crippen LogP contribution in [0.15, 0.2) is 60.0 Å². The van der Waals surface area contributed by atoms with Crippen LogP contribution in [-0.2, 0) is 4.79 Å². The van der Waals surface area contributed by atoms with E-state index in [1.54, 1.807) is 24.3 Å². The van der Waals surface area contributed by atoms with E-state index in [1.165, 1.54) is 11.8 Å². The summed E-state index contributed by atoms with van der Waals surface area (Å²) in [5.41, 5.74) is 1.88. The highest BCUT2D eigenvalue weighted by atomic mass is 35.5. The molecule has 0 saturated heterocycles. The van der Waals surface area contributed by atoms with E-state index in [2.05, 4.69) is 10.2 Å². The molecule has 1 unspecified atom stereocenters. The average molecular weight is 421 g/mol. The first kappa shape index (κ1) is 19.7. The van der Waals surface area contributed by atoms with E-state index >= 15 is 0 Å². The Bertz CT molecular complexity index is 929. The third-order valence-electron chi connectivity index (χ3n) is 4.25. The summed E-state index contributed by atoms with van der Waals surface area (Å²) in [4.78, 5) is 14.3. The summed E-state index contributed by atoms with van der Waals surface area (Å²) < 4.78 is 1.81. The van der Waals surface area contributed by atoms with Gasteiger partial charge in [-0.1, -0.05) is 53.2 Å². The molecule has 0 spiro atoms. The molecule has 0 saturated carbocycles. The third kappa shape index (κ3) is 4.83. The molecule has 3 aromatic rings. The number of carbonyl (C=O) groups excluding carboxylic acids is 1. The fourth-order valence-corrected chi connectivity index (χ4v) is 3.70. The van der Waals surface area contributed by atoms with E-state index in [0.29, 0.717) is 15.2 Å². The smallest absolute Gasteiger partial charge is 0.233 e. The Labute approximate surface area is 172 Å². The first-order valence-electron chi connectivity index (χ1n) is 8.25. The first-order chi connectivity index (χ1) is 13.0. The zero-order chi connectivity index (χ0) is 19.4. The van der Waals surface area contributed by atoms with Crippen molar-refractivity contribution in [2.24, 2.45) is 0 Å². The number of halogens is 2. The molecule has 0 aliphatic heterocycles. The fraction of sp³-hybridized carbons (Fsp3) is 0.211. The zero-order valence-corrected chi connectivity index (χ0v) is 17.2. The molecule has 1 aromatic heterocycles. The summed E-state index contributed by atoms with van der Waals surface area (Å²) in [6.07, 6.45) is 1.61. The Balaban J connectivity index is 1.66. The monoisotopic (exact) mass is 420 g/mol. The van der Waals surface area contributed by atoms with Crippen LogP contribution < -0.4 is 0 Å². The van der Waals surface area contributed by atoms with Gasteiger partial charge in [-0.2, -0.15) is 0 Å². The van der Waals surface area contributed by atoms with E-state index in [-0.39, 0.29) is 17.7 Å². The van der Waals surface area contributed by atoms with Crippen LogP contribution in [0.3, 0.4) is 0 Å². The highest BCUT2D eigenvalue weighted by Crippen LogP contribution is 2.24. The van der Waals surface area contributed by atoms with Gasteiger partial charge in [-0.25, -0.2) is 0 Å². The normalized spacial score (nSPS) is 12.0. The highest BCUT2D eigenvalue weighted by molar-refractivity contribution is 7.99. The van der Waals surface area contributed by atoms with Crippen LogP contribution in [0, 0.1) is 0 Å². The topological polar surface area (TPSA) is 51.0 Å². The Kier molecular flexibility index (Phi) is 6.42. The van der Waals surface area contributed by atoms with Gasteiger partial charge < -0.3 is 4.90 Å². The highest BCUT2D eigenvalue weighted by Gasteiger charge is 2.19. The number of nitrogens with zero attached hydrogens (tertiary/aromatic N) is 4. The number of hydrogen-bond acceptors (Lipinski definition) is 4. The lowest BCUT2D eigenvalue weighted by Gasteiger charge is -2.25. The van der Waals surface area contributed by atoms with Crippen molar-refractivity contribution < 1.29 is 4.79 Å². The average Bonchev–Trinajstić information content (AvgIpc) is 3.14. The maximum absolute atomic E-state index is 12.6. The van der Waals surface area contributed by atoms with E-state index in [4.69, 9.17) is 23.2 Å². The summed E-state index contributed by atoms with van der Waals surface area (Å²) in [6, 6.07) is 14.9. The SMILES string of the molecule is CC(c1ccc(Cl)cc1)N(C)C(=O)CSc1nncn1-c1cccc(Cl)c1. The molecule has 0 N–H and O–H groups in total. The van der Waals surface area contributed by atoms with Crippen molar-refractivity contribution >= 4 is 40.9 Å². The minimum Gasteiger partial charge on any atom is -0.338 e. The Hall–Kier alpha value is -2.02. The lowest BCUT2D eigenvalue weighted by Crippen LogP contribution is -2.31. The lowest BCUT2D eigenvalue weighted by atomic mass is 10.1. The number of amides is 1. The van der Waals surface area contributed by atoms with Gasteiger partial charge in [-0.15, -0.1) is 10.2 Å². The molecule has 0 aliphatic carbocycles. The fourth-order valence-electron chi connectivity index (χ4n) is 2.53. The van der Waals surface area contributed by atoms with Gasteiger partial charge in [0.15, 0.2) is 5.16 Å². The molecule has 3 rings (SSSR count). The molecule has 27 heavy (non-hydrogen) atoms. The van der Waals surface area contributed by atoms with E-state index in [9.17, 15) is 4.79 Å². The molecular weight excluding hydrogens is 403 g/mol. The van der Waals surface area contributed by atoms with Crippen LogP contribution in [0.1, 0.15) is 18.5 Å². The van der Waals surface area contributed by atoms with E-state index in [0.717, 1.165) is 11.3 Å². The number of aromatic nitrogens is 3. The van der Waals surface area contributed by atoms with Gasteiger partial charge in [0.1, 0.15) is 6.33 Å². The first-order valence-corrected chi connectivity index (χ1v) is 9.99. The van der Waals surface area contributed by atoms with Crippen molar-refractivity contribution in [2.45, 2.75) is 18.1 Å². The second-order valence-electron chi connectivity index (χ2n) is 5.98. The van der Waals surface area contributed by atoms with Crippen molar-refractivity contribution in [3.63, 3.8) is 0 Å². The minimum absolute atomic E-state index is 0.00286. The Morgan fingerprint density at radius 1 is 1.19 bits per heavy atom. The number of thioether (sulfide) groups is 1. The molecule has 1 amide bonds. The molecule has 1 heterocycles. The summed E-state index contributed by atoms with van der Waals surface area (Å²) in [5, 5.41) is 10.0. The molecule has 0 aliphatic rings. The van der Waals surface area contributed by atoms with E-state index in [1.807, 2.05) is 54.0 Å². The predicted octanol–water partition coefficient (Wildman–Crippen LogP) is 4.89. The third-order valence-corrected chi connectivity index (χ3v) is 5.67. The summed E-state index contributed by atoms with van der Waals surface area (Å²) in [7, 11) is 1.80. The van der Waals surface area contributed by atoms with E-state index < -0.39 is 0 Å². The van der Waals surface area contributed by atoms with Crippen LogP contribution in [-0.4, -0.2) is 38.4 Å². The largest absolute Gasteiger partial charge is 0.338 e. The van der Waals surface area contributed by atoms with Crippen molar-refractivity contribution in [2.75, 3.05) is 12.8 Å². The van der Waals surface area contributed by atoms with Crippen molar-refractivity contribution in [3.8, 4) is 5.69 Å². The summed E-state index contributed by atoms with van der Waals surface area (Å²) in [5.74, 6) is 0.260. The maximum atomic E-state index is 12.6. The molecule has 5 nitrogen and oxygen atoms in total. The van der Waals surface area contributed by atoms with Gasteiger partial charge in [0.2, 0.25) is 5.91 Å². The van der Waals surface area contributed by atoms with Crippen molar-refractivity contribution in [1.82, 2.24) is 19.7 Å². The van der Waals surface area contributed by atoms with Crippen molar-refractivity contribution in [1.29, 1.82) is 0 Å². The van der Waals surface area contributed by atoms with Crippen LogP contribution in [0.25, 0.3) is 5.69 Å². The van der Waals surface area contributed by atoms with Gasteiger partial charge in [0.25, 0.3) is 0 Å². The number of carbonyl (C=O) groups is 1. The molecule has 140 valence electrons. The lowest BCUT2D eigenvalue weighted by molar-refractivity contribution is -0.128. The Morgan fingerprint density at radius 3 is 2.63 bits per heavy atom. The quantitative estimate of drug-likeness (QED) is 0.532. The zero-order valence-electron chi connectivity index (χ0n) is 14.8. The second-order valence-corrected chi connectivity index (χ2v) is 7.80. The minimum atomic E-state index is -0.0545. The van der Waals surface area contributed by atoms with Crippen LogP contribution in [0.2, 0.25) is 10.0 Å². The van der Waals surface area contributed by atoms with Crippen LogP contribution in [0.4, 0.5) is 0 Å². The number of hydrogen-bond donors (Lipinski definition) is 0. The number of rotatable bonds is 6. The van der Waals surface area contributed by atoms with Gasteiger partial charge in [0, 0.05) is 17.1 Å². The van der Waals surface area contributed by atoms with Gasteiger partial charge >= 0.3 is 0 Å². The van der Waals surface area contributed by atoms with Crippen LogP contribution >= 0.6 is 35.0 Å². The van der Waals surface area contributed by atoms with Crippen LogP contribution in [0.5, 0.6) is 0 Å². The molecule has 2 aromatic carbocycles. The standard InChI is InChI=1S/C19H18Cl2N4OS/c1-13(14-6-8-15(20)9-7-14)24(2)18(26)11-27-19-23-22-12-25(19)17-5-3-4-16(21)10-17/h3-10,12-13H,11H2,1-2H3. The second kappa shape index (κ2) is 8.78. The molecule has 0 bridgehead atoms. The molecule has 1 atom stereocenters. The molecule has 8 heteroatoms. The van der Waals surface area contributed by atoms with Gasteiger partial charge in [-0.05, 0) is 42.8 Å². The van der Waals surface area contributed by atoms with Crippen molar-refractivity contribution in [3.05, 3.63) is 70.5 Å². The summed E-state index contributed by atoms with van der Waals surface area (Å²) >= 11 is 13.3. The molecular formula is C19H18Cl2N4OS. The molecule has 0 radical (unpaired) electrons. The van der Waals surface area contributed by atoms with Gasteiger partial charge in [0.05, 0.1) is 17.5 Å². The molecule has 0 fully saturated rings. The Morgan fingerprint density at radius 2 is 1.93 bits per heavy atom. The maximum Gasteiger partial charge on any atom is 0.233 e. The van der Waals surface area contributed by atoms with Gasteiger partial charge in [-0.3, -0.25) is 9.36 Å². The summed E-state index contributed by atoms with van der Waals surface area (Å²) in [6.45, 7) is 1.99.